The number of benzene rings is 1. The summed E-state index contributed by atoms with van der Waals surface area (Å²) in [7, 11) is 0. The van der Waals surface area contributed by atoms with Crippen molar-refractivity contribution < 1.29 is 0 Å². The molecule has 0 nitrogen and oxygen atoms in total. The molecule has 0 N–H and O–H groups in total. The van der Waals surface area contributed by atoms with Gasteiger partial charge in [0.1, 0.15) is 0 Å². The second-order valence-corrected chi connectivity index (χ2v) is 6.10. The molecular formula is C14H20Br2. The summed E-state index contributed by atoms with van der Waals surface area (Å²) in [5.74, 6) is 1.46. The van der Waals surface area contributed by atoms with Crippen LogP contribution in [0.4, 0.5) is 0 Å². The van der Waals surface area contributed by atoms with E-state index in [4.69, 9.17) is 0 Å². The number of rotatable bonds is 6. The van der Waals surface area contributed by atoms with Gasteiger partial charge in [-0.15, -0.1) is 0 Å². The molecule has 16 heavy (non-hydrogen) atoms. The maximum atomic E-state index is 3.64. The van der Waals surface area contributed by atoms with Crippen LogP contribution in [-0.2, 0) is 0 Å². The van der Waals surface area contributed by atoms with Crippen LogP contribution in [0.3, 0.4) is 0 Å². The Kier molecular flexibility index (Phi) is 6.67. The molecule has 0 bridgehead atoms. The minimum atomic E-state index is 0.648. The van der Waals surface area contributed by atoms with Crippen molar-refractivity contribution in [1.82, 2.24) is 0 Å². The first-order valence-electron chi connectivity index (χ1n) is 5.98. The van der Waals surface area contributed by atoms with Crippen molar-refractivity contribution in [2.45, 2.75) is 39.0 Å². The van der Waals surface area contributed by atoms with Gasteiger partial charge in [0.15, 0.2) is 0 Å². The molecule has 0 aromatic heterocycles. The lowest BCUT2D eigenvalue weighted by Crippen LogP contribution is -2.06. The minimum absolute atomic E-state index is 0.648. The molecule has 2 atom stereocenters. The summed E-state index contributed by atoms with van der Waals surface area (Å²) in [4.78, 5) is 0. The standard InChI is InChI=1S/C14H20Br2/c1-3-4-11(2)9-13(10-15)12-5-7-14(16)8-6-12/h5-8,11,13H,3-4,9-10H2,1-2H3. The number of hydrogen-bond donors (Lipinski definition) is 0. The summed E-state index contributed by atoms with van der Waals surface area (Å²) >= 11 is 7.12. The van der Waals surface area contributed by atoms with Crippen LogP contribution in [0.2, 0.25) is 0 Å². The highest BCUT2D eigenvalue weighted by Crippen LogP contribution is 2.28. The van der Waals surface area contributed by atoms with Gasteiger partial charge in [-0.25, -0.2) is 0 Å². The third-order valence-corrected chi connectivity index (χ3v) is 4.31. The van der Waals surface area contributed by atoms with E-state index in [9.17, 15) is 0 Å². The summed E-state index contributed by atoms with van der Waals surface area (Å²) in [5, 5.41) is 1.06. The monoisotopic (exact) mass is 346 g/mol. The second-order valence-electron chi connectivity index (χ2n) is 4.53. The van der Waals surface area contributed by atoms with Gasteiger partial charge in [0.2, 0.25) is 0 Å². The van der Waals surface area contributed by atoms with Crippen molar-refractivity contribution in [3.63, 3.8) is 0 Å². The predicted octanol–water partition coefficient (Wildman–Crippen LogP) is 5.75. The van der Waals surface area contributed by atoms with Crippen molar-refractivity contribution in [3.05, 3.63) is 34.3 Å². The molecule has 0 amide bonds. The first-order valence-corrected chi connectivity index (χ1v) is 7.90. The summed E-state index contributed by atoms with van der Waals surface area (Å²) in [6.07, 6.45) is 3.90. The van der Waals surface area contributed by atoms with Gasteiger partial charge in [-0.2, -0.15) is 0 Å². The lowest BCUT2D eigenvalue weighted by Gasteiger charge is -2.19. The Morgan fingerprint density at radius 2 is 1.81 bits per heavy atom. The highest BCUT2D eigenvalue weighted by atomic mass is 79.9. The van der Waals surface area contributed by atoms with E-state index in [-0.39, 0.29) is 0 Å². The Morgan fingerprint density at radius 3 is 2.31 bits per heavy atom. The number of hydrogen-bond acceptors (Lipinski definition) is 0. The van der Waals surface area contributed by atoms with E-state index in [1.807, 2.05) is 0 Å². The Hall–Kier alpha value is 0.180. The van der Waals surface area contributed by atoms with E-state index in [0.29, 0.717) is 5.92 Å². The van der Waals surface area contributed by atoms with E-state index < -0.39 is 0 Å². The van der Waals surface area contributed by atoms with Crippen LogP contribution in [0.1, 0.15) is 44.6 Å². The lowest BCUT2D eigenvalue weighted by molar-refractivity contribution is 0.452. The minimum Gasteiger partial charge on any atom is -0.0921 e. The summed E-state index contributed by atoms with van der Waals surface area (Å²) in [6.45, 7) is 4.62. The van der Waals surface area contributed by atoms with Gasteiger partial charge >= 0.3 is 0 Å². The molecule has 0 aliphatic rings. The fourth-order valence-electron chi connectivity index (χ4n) is 2.12. The van der Waals surface area contributed by atoms with E-state index in [1.165, 1.54) is 24.8 Å². The Balaban J connectivity index is 2.63. The molecule has 1 aromatic rings. The SMILES string of the molecule is CCCC(C)CC(CBr)c1ccc(Br)cc1. The van der Waals surface area contributed by atoms with Crippen molar-refractivity contribution in [3.8, 4) is 0 Å². The molecule has 1 aromatic carbocycles. The Bertz CT molecular complexity index is 292. The highest BCUT2D eigenvalue weighted by molar-refractivity contribution is 9.10. The average Bonchev–Trinajstić information content (AvgIpc) is 2.27. The average molecular weight is 348 g/mol. The molecule has 0 spiro atoms. The van der Waals surface area contributed by atoms with Crippen molar-refractivity contribution in [2.75, 3.05) is 5.33 Å². The number of alkyl halides is 1. The van der Waals surface area contributed by atoms with Gasteiger partial charge in [0.05, 0.1) is 0 Å². The van der Waals surface area contributed by atoms with Crippen LogP contribution in [0, 0.1) is 5.92 Å². The van der Waals surface area contributed by atoms with Crippen LogP contribution >= 0.6 is 31.9 Å². The molecule has 0 fully saturated rings. The van der Waals surface area contributed by atoms with Crippen molar-refractivity contribution >= 4 is 31.9 Å². The first kappa shape index (κ1) is 14.2. The predicted molar refractivity (Wildman–Crippen MR) is 79.4 cm³/mol. The molecule has 0 radical (unpaired) electrons. The molecule has 0 saturated carbocycles. The van der Waals surface area contributed by atoms with E-state index in [2.05, 4.69) is 70.0 Å². The Morgan fingerprint density at radius 1 is 1.19 bits per heavy atom. The normalized spacial score (nSPS) is 14.8. The summed E-state index contributed by atoms with van der Waals surface area (Å²) in [6, 6.07) is 8.73. The third kappa shape index (κ3) is 4.58. The topological polar surface area (TPSA) is 0 Å². The zero-order valence-corrected chi connectivity index (χ0v) is 13.2. The molecular weight excluding hydrogens is 328 g/mol. The van der Waals surface area contributed by atoms with Gasteiger partial charge < -0.3 is 0 Å². The van der Waals surface area contributed by atoms with Gasteiger partial charge in [-0.1, -0.05) is 70.7 Å². The van der Waals surface area contributed by atoms with E-state index in [1.54, 1.807) is 0 Å². The largest absolute Gasteiger partial charge is 0.0921 e. The molecule has 0 heterocycles. The maximum absolute atomic E-state index is 3.64. The molecule has 0 aliphatic heterocycles. The van der Waals surface area contributed by atoms with Gasteiger partial charge in [0, 0.05) is 9.80 Å². The maximum Gasteiger partial charge on any atom is 0.0175 e. The molecule has 2 heteroatoms. The Labute approximate surface area is 116 Å². The summed E-state index contributed by atoms with van der Waals surface area (Å²) < 4.78 is 1.16. The van der Waals surface area contributed by atoms with Crippen molar-refractivity contribution in [2.24, 2.45) is 5.92 Å². The second kappa shape index (κ2) is 7.50. The highest BCUT2D eigenvalue weighted by Gasteiger charge is 2.13. The van der Waals surface area contributed by atoms with Crippen LogP contribution in [-0.4, -0.2) is 5.33 Å². The first-order chi connectivity index (χ1) is 7.67. The van der Waals surface area contributed by atoms with Gasteiger partial charge in [-0.3, -0.25) is 0 Å². The number of halogens is 2. The fraction of sp³-hybridized carbons (Fsp3) is 0.571. The lowest BCUT2D eigenvalue weighted by atomic mass is 9.89. The quantitative estimate of drug-likeness (QED) is 0.574. The van der Waals surface area contributed by atoms with Gasteiger partial charge in [0.25, 0.3) is 0 Å². The fourth-order valence-corrected chi connectivity index (χ4v) is 3.02. The molecule has 0 aliphatic carbocycles. The van der Waals surface area contributed by atoms with Crippen LogP contribution in [0.15, 0.2) is 28.7 Å². The third-order valence-electron chi connectivity index (χ3n) is 3.00. The smallest absolute Gasteiger partial charge is 0.0175 e. The van der Waals surface area contributed by atoms with Crippen LogP contribution in [0.5, 0.6) is 0 Å². The summed E-state index contributed by atoms with van der Waals surface area (Å²) in [5.41, 5.74) is 1.45. The molecule has 2 unspecified atom stereocenters. The zero-order valence-electron chi connectivity index (χ0n) is 10.0. The zero-order chi connectivity index (χ0) is 12.0. The molecule has 0 saturated heterocycles. The van der Waals surface area contributed by atoms with E-state index in [0.717, 1.165) is 15.7 Å². The van der Waals surface area contributed by atoms with Crippen LogP contribution < -0.4 is 0 Å². The van der Waals surface area contributed by atoms with Crippen LogP contribution in [0.25, 0.3) is 0 Å². The van der Waals surface area contributed by atoms with E-state index >= 15 is 0 Å². The molecule has 90 valence electrons. The van der Waals surface area contributed by atoms with Gasteiger partial charge in [-0.05, 0) is 36.0 Å². The van der Waals surface area contributed by atoms with Crippen molar-refractivity contribution in [1.29, 1.82) is 0 Å². The molecule has 1 rings (SSSR count).